The lowest BCUT2D eigenvalue weighted by Crippen LogP contribution is -2.45. The van der Waals surface area contributed by atoms with Crippen molar-refractivity contribution in [2.45, 2.75) is 58.9 Å². The van der Waals surface area contributed by atoms with Crippen LogP contribution in [0.1, 0.15) is 52.9 Å². The zero-order chi connectivity index (χ0) is 14.0. The lowest BCUT2D eigenvalue weighted by molar-refractivity contribution is -0.146. The first-order chi connectivity index (χ1) is 8.47. The first-order valence-electron chi connectivity index (χ1n) is 6.70. The van der Waals surface area contributed by atoms with Gasteiger partial charge < -0.3 is 15.8 Å². The molecule has 0 radical (unpaired) electrons. The Balaban J connectivity index is 4.00. The van der Waals surface area contributed by atoms with Gasteiger partial charge in [-0.05, 0) is 18.8 Å². The summed E-state index contributed by atoms with van der Waals surface area (Å²) in [4.78, 5) is 22.6. The molecule has 0 spiro atoms. The highest BCUT2D eigenvalue weighted by atomic mass is 16.5. The van der Waals surface area contributed by atoms with Crippen LogP contribution in [0.2, 0.25) is 0 Å². The van der Waals surface area contributed by atoms with Crippen LogP contribution in [0, 0.1) is 5.92 Å². The molecule has 2 amide bonds. The molecule has 1 atom stereocenters. The Morgan fingerprint density at radius 3 is 2.39 bits per heavy atom. The summed E-state index contributed by atoms with van der Waals surface area (Å²) in [5.41, 5.74) is 5.04. The Labute approximate surface area is 109 Å². The topological polar surface area (TPSA) is 81.4 Å². The molecular weight excluding hydrogens is 232 g/mol. The summed E-state index contributed by atoms with van der Waals surface area (Å²) < 4.78 is 5.14. The van der Waals surface area contributed by atoms with Gasteiger partial charge in [-0.2, -0.15) is 0 Å². The number of hydrogen-bond donors (Lipinski definition) is 2. The third-order valence-electron chi connectivity index (χ3n) is 2.55. The average molecular weight is 258 g/mol. The maximum absolute atomic E-state index is 11.8. The van der Waals surface area contributed by atoms with E-state index in [1.54, 1.807) is 0 Å². The lowest BCUT2D eigenvalue weighted by atomic mass is 10.0. The minimum atomic E-state index is -0.691. The van der Waals surface area contributed by atoms with E-state index in [2.05, 4.69) is 12.2 Å². The number of rotatable bonds is 9. The van der Waals surface area contributed by atoms with Gasteiger partial charge in [0.2, 0.25) is 0 Å². The number of nitrogens with two attached hydrogens (primary N) is 1. The molecule has 0 rings (SSSR count). The summed E-state index contributed by atoms with van der Waals surface area (Å²) in [5, 5.41) is 2.43. The van der Waals surface area contributed by atoms with Crippen molar-refractivity contribution in [3.63, 3.8) is 0 Å². The molecule has 5 nitrogen and oxygen atoms in total. The Morgan fingerprint density at radius 2 is 1.89 bits per heavy atom. The van der Waals surface area contributed by atoms with Gasteiger partial charge in [0.15, 0.2) is 0 Å². The van der Waals surface area contributed by atoms with Crippen LogP contribution in [-0.4, -0.2) is 24.6 Å². The standard InChI is InChI=1S/C13H26N2O3/c1-4-5-6-7-8-18-12(16)11(9-10(2)3)15-13(14)17/h10-11H,4-9H2,1-3H3,(H3,14,15,17)/t11-/m0/s1. The van der Waals surface area contributed by atoms with E-state index in [4.69, 9.17) is 10.5 Å². The number of esters is 1. The molecule has 18 heavy (non-hydrogen) atoms. The number of carbonyl (C=O) groups excluding carboxylic acids is 2. The summed E-state index contributed by atoms with van der Waals surface area (Å²) in [6.45, 7) is 6.49. The molecule has 0 aliphatic heterocycles. The first kappa shape index (κ1) is 16.7. The van der Waals surface area contributed by atoms with Gasteiger partial charge in [-0.15, -0.1) is 0 Å². The smallest absolute Gasteiger partial charge is 0.328 e. The largest absolute Gasteiger partial charge is 0.464 e. The Morgan fingerprint density at radius 1 is 1.22 bits per heavy atom. The van der Waals surface area contributed by atoms with Gasteiger partial charge in [0.1, 0.15) is 6.04 Å². The molecular formula is C13H26N2O3. The van der Waals surface area contributed by atoms with Crippen LogP contribution in [0.5, 0.6) is 0 Å². The molecule has 0 aliphatic rings. The van der Waals surface area contributed by atoms with Crippen LogP contribution in [-0.2, 0) is 9.53 Å². The van der Waals surface area contributed by atoms with Gasteiger partial charge in [-0.25, -0.2) is 9.59 Å². The minimum Gasteiger partial charge on any atom is -0.464 e. The third-order valence-corrected chi connectivity index (χ3v) is 2.55. The SMILES string of the molecule is CCCCCCOC(=O)[C@H](CC(C)C)NC(N)=O. The number of primary amides is 1. The highest BCUT2D eigenvalue weighted by Gasteiger charge is 2.22. The number of nitrogens with one attached hydrogen (secondary N) is 1. The van der Waals surface area contributed by atoms with E-state index in [1.165, 1.54) is 0 Å². The molecule has 0 aliphatic carbocycles. The average Bonchev–Trinajstić information content (AvgIpc) is 2.26. The van der Waals surface area contributed by atoms with Crippen LogP contribution in [0.25, 0.3) is 0 Å². The van der Waals surface area contributed by atoms with Crippen molar-refractivity contribution in [2.75, 3.05) is 6.61 Å². The van der Waals surface area contributed by atoms with Gasteiger partial charge in [0, 0.05) is 0 Å². The number of carbonyl (C=O) groups is 2. The van der Waals surface area contributed by atoms with E-state index >= 15 is 0 Å². The van der Waals surface area contributed by atoms with E-state index in [1.807, 2.05) is 13.8 Å². The molecule has 0 aromatic rings. The molecule has 0 heterocycles. The number of hydrogen-bond acceptors (Lipinski definition) is 3. The Hall–Kier alpha value is -1.26. The van der Waals surface area contributed by atoms with Crippen LogP contribution < -0.4 is 11.1 Å². The van der Waals surface area contributed by atoms with E-state index in [9.17, 15) is 9.59 Å². The van der Waals surface area contributed by atoms with Crippen LogP contribution in [0.3, 0.4) is 0 Å². The monoisotopic (exact) mass is 258 g/mol. The van der Waals surface area contributed by atoms with Crippen molar-refractivity contribution in [3.8, 4) is 0 Å². The molecule has 0 bridgehead atoms. The maximum Gasteiger partial charge on any atom is 0.328 e. The number of unbranched alkanes of at least 4 members (excludes halogenated alkanes) is 3. The van der Waals surface area contributed by atoms with Gasteiger partial charge in [-0.3, -0.25) is 0 Å². The van der Waals surface area contributed by atoms with Crippen molar-refractivity contribution >= 4 is 12.0 Å². The van der Waals surface area contributed by atoms with Crippen LogP contribution >= 0.6 is 0 Å². The molecule has 5 heteroatoms. The Bertz CT molecular complexity index is 255. The molecule has 0 fully saturated rings. The van der Waals surface area contributed by atoms with E-state index in [0.29, 0.717) is 13.0 Å². The summed E-state index contributed by atoms with van der Waals surface area (Å²) in [6.07, 6.45) is 4.75. The maximum atomic E-state index is 11.8. The predicted molar refractivity (Wildman–Crippen MR) is 71.1 cm³/mol. The highest BCUT2D eigenvalue weighted by Crippen LogP contribution is 2.07. The van der Waals surface area contributed by atoms with Crippen molar-refractivity contribution in [3.05, 3.63) is 0 Å². The first-order valence-corrected chi connectivity index (χ1v) is 6.70. The van der Waals surface area contributed by atoms with Crippen molar-refractivity contribution < 1.29 is 14.3 Å². The van der Waals surface area contributed by atoms with Gasteiger partial charge in [0.05, 0.1) is 6.61 Å². The molecule has 3 N–H and O–H groups in total. The van der Waals surface area contributed by atoms with Gasteiger partial charge in [-0.1, -0.05) is 40.0 Å². The fourth-order valence-corrected chi connectivity index (χ4v) is 1.66. The van der Waals surface area contributed by atoms with Crippen LogP contribution in [0.15, 0.2) is 0 Å². The van der Waals surface area contributed by atoms with E-state index in [-0.39, 0.29) is 11.9 Å². The summed E-state index contributed by atoms with van der Waals surface area (Å²) >= 11 is 0. The Kier molecular flexibility index (Phi) is 9.06. The number of amides is 2. The summed E-state index contributed by atoms with van der Waals surface area (Å²) in [7, 11) is 0. The molecule has 0 unspecified atom stereocenters. The lowest BCUT2D eigenvalue weighted by Gasteiger charge is -2.18. The van der Waals surface area contributed by atoms with Crippen molar-refractivity contribution in [1.29, 1.82) is 0 Å². The predicted octanol–water partition coefficient (Wildman–Crippen LogP) is 2.19. The minimum absolute atomic E-state index is 0.287. The second-order valence-corrected chi connectivity index (χ2v) is 4.92. The zero-order valence-corrected chi connectivity index (χ0v) is 11.7. The van der Waals surface area contributed by atoms with E-state index < -0.39 is 12.1 Å². The quantitative estimate of drug-likeness (QED) is 0.491. The van der Waals surface area contributed by atoms with E-state index in [0.717, 1.165) is 25.7 Å². The normalized spacial score (nSPS) is 12.2. The fourth-order valence-electron chi connectivity index (χ4n) is 1.66. The number of urea groups is 1. The van der Waals surface area contributed by atoms with Gasteiger partial charge >= 0.3 is 12.0 Å². The second-order valence-electron chi connectivity index (χ2n) is 4.92. The molecule has 0 aromatic heterocycles. The van der Waals surface area contributed by atoms with Crippen molar-refractivity contribution in [2.24, 2.45) is 11.7 Å². The summed E-state index contributed by atoms with van der Waals surface area (Å²) in [6, 6.07) is -1.32. The molecule has 0 saturated heterocycles. The van der Waals surface area contributed by atoms with Crippen molar-refractivity contribution in [1.82, 2.24) is 5.32 Å². The molecule has 0 aromatic carbocycles. The molecule has 106 valence electrons. The second kappa shape index (κ2) is 9.74. The van der Waals surface area contributed by atoms with Crippen LogP contribution in [0.4, 0.5) is 4.79 Å². The summed E-state index contributed by atoms with van der Waals surface area (Å²) in [5.74, 6) is -0.103. The highest BCUT2D eigenvalue weighted by molar-refractivity contribution is 5.82. The number of ether oxygens (including phenoxy) is 1. The third kappa shape index (κ3) is 8.84. The van der Waals surface area contributed by atoms with Gasteiger partial charge in [0.25, 0.3) is 0 Å². The molecule has 0 saturated carbocycles. The zero-order valence-electron chi connectivity index (χ0n) is 11.7. The fraction of sp³-hybridized carbons (Fsp3) is 0.846.